The van der Waals surface area contributed by atoms with Crippen molar-refractivity contribution in [2.24, 2.45) is 5.73 Å². The third-order valence-electron chi connectivity index (χ3n) is 5.92. The molecule has 0 spiro atoms. The first-order valence-electron chi connectivity index (χ1n) is 11.4. The van der Waals surface area contributed by atoms with Gasteiger partial charge < -0.3 is 10.5 Å². The topological polar surface area (TPSA) is 52.3 Å². The van der Waals surface area contributed by atoms with Crippen LogP contribution in [0.15, 0.2) is 43.0 Å². The zero-order chi connectivity index (χ0) is 22.4. The van der Waals surface area contributed by atoms with E-state index in [4.69, 9.17) is 10.5 Å². The molecule has 32 heavy (non-hydrogen) atoms. The van der Waals surface area contributed by atoms with Crippen LogP contribution in [0.5, 0.6) is 0 Å². The van der Waals surface area contributed by atoms with Gasteiger partial charge in [-0.1, -0.05) is 18.2 Å². The van der Waals surface area contributed by atoms with Crippen LogP contribution >= 0.6 is 12.4 Å². The van der Waals surface area contributed by atoms with Crippen molar-refractivity contribution in [3.05, 3.63) is 71.1 Å². The molecule has 2 N–H and O–H groups in total. The Morgan fingerprint density at radius 3 is 2.66 bits per heavy atom. The molecule has 1 atom stereocenters. The number of rotatable bonds is 11. The third-order valence-corrected chi connectivity index (χ3v) is 5.92. The molecule has 0 radical (unpaired) electrons. The lowest BCUT2D eigenvalue weighted by molar-refractivity contribution is -0.143. The van der Waals surface area contributed by atoms with Gasteiger partial charge >= 0.3 is 5.97 Å². The maximum absolute atomic E-state index is 14.3. The van der Waals surface area contributed by atoms with E-state index in [2.05, 4.69) is 24.8 Å². The number of nitrogens with two attached hydrogens (primary N) is 1. The standard InChI is InChI=1S/C27H34FNO2.ClH/c1-4-6-7-8-9-20-16-24(28)12-18(3)27(20)23-14-21(19-10-11-19)13-22(15-23)25(29)17-26(30)31-5-2;/h4,12-16,19,25H,1,5-11,17,29H2,2-3H3;1H/t25-;/m0./s1. The summed E-state index contributed by atoms with van der Waals surface area (Å²) in [7, 11) is 0. The van der Waals surface area contributed by atoms with Crippen molar-refractivity contribution in [2.45, 2.75) is 70.8 Å². The first-order valence-corrected chi connectivity index (χ1v) is 11.4. The minimum Gasteiger partial charge on any atom is -0.466 e. The highest BCUT2D eigenvalue weighted by atomic mass is 35.5. The lowest BCUT2D eigenvalue weighted by Gasteiger charge is -2.19. The van der Waals surface area contributed by atoms with Crippen molar-refractivity contribution in [1.29, 1.82) is 0 Å². The molecule has 0 aromatic heterocycles. The number of benzene rings is 2. The lowest BCUT2D eigenvalue weighted by atomic mass is 9.88. The highest BCUT2D eigenvalue weighted by Gasteiger charge is 2.26. The minimum atomic E-state index is -0.423. The lowest BCUT2D eigenvalue weighted by Crippen LogP contribution is -2.17. The maximum Gasteiger partial charge on any atom is 0.307 e. The van der Waals surface area contributed by atoms with Gasteiger partial charge in [0.15, 0.2) is 0 Å². The first-order chi connectivity index (χ1) is 14.9. The molecule has 0 heterocycles. The predicted octanol–water partition coefficient (Wildman–Crippen LogP) is 6.95. The highest BCUT2D eigenvalue weighted by Crippen LogP contribution is 2.43. The smallest absolute Gasteiger partial charge is 0.307 e. The Morgan fingerprint density at radius 2 is 2.00 bits per heavy atom. The van der Waals surface area contributed by atoms with Gasteiger partial charge in [-0.05, 0) is 110 Å². The highest BCUT2D eigenvalue weighted by molar-refractivity contribution is 5.85. The summed E-state index contributed by atoms with van der Waals surface area (Å²) < 4.78 is 19.3. The van der Waals surface area contributed by atoms with Gasteiger partial charge in [0.25, 0.3) is 0 Å². The van der Waals surface area contributed by atoms with Gasteiger partial charge in [0.1, 0.15) is 5.82 Å². The summed E-state index contributed by atoms with van der Waals surface area (Å²) in [5, 5.41) is 0. The zero-order valence-electron chi connectivity index (χ0n) is 19.2. The molecule has 2 aromatic rings. The van der Waals surface area contributed by atoms with E-state index in [9.17, 15) is 9.18 Å². The molecule has 1 fully saturated rings. The monoisotopic (exact) mass is 459 g/mol. The van der Waals surface area contributed by atoms with Crippen LogP contribution in [0.3, 0.4) is 0 Å². The van der Waals surface area contributed by atoms with E-state index in [0.29, 0.717) is 12.5 Å². The molecule has 0 saturated heterocycles. The Morgan fingerprint density at radius 1 is 1.25 bits per heavy atom. The summed E-state index contributed by atoms with van der Waals surface area (Å²) in [6.07, 6.45) is 8.23. The second kappa shape index (κ2) is 12.2. The molecule has 2 aromatic carbocycles. The van der Waals surface area contributed by atoms with Crippen LogP contribution in [0.1, 0.15) is 79.7 Å². The van der Waals surface area contributed by atoms with Gasteiger partial charge in [0, 0.05) is 6.04 Å². The molecule has 1 aliphatic rings. The number of aryl methyl sites for hydroxylation is 2. The average Bonchev–Trinajstić information content (AvgIpc) is 3.56. The Labute approximate surface area is 197 Å². The maximum atomic E-state index is 14.3. The summed E-state index contributed by atoms with van der Waals surface area (Å²) in [4.78, 5) is 12.0. The normalized spacial score (nSPS) is 13.9. The number of esters is 1. The van der Waals surface area contributed by atoms with Crippen molar-refractivity contribution >= 4 is 18.4 Å². The van der Waals surface area contributed by atoms with Crippen molar-refractivity contribution in [2.75, 3.05) is 6.61 Å². The fraction of sp³-hybridized carbons (Fsp3) is 0.444. The number of carbonyl (C=O) groups is 1. The molecular weight excluding hydrogens is 425 g/mol. The summed E-state index contributed by atoms with van der Waals surface area (Å²) in [6.45, 7) is 7.89. The molecule has 0 bridgehead atoms. The van der Waals surface area contributed by atoms with Gasteiger partial charge in [0.2, 0.25) is 0 Å². The van der Waals surface area contributed by atoms with Crippen LogP contribution in [-0.2, 0) is 16.0 Å². The van der Waals surface area contributed by atoms with Crippen molar-refractivity contribution in [3.8, 4) is 11.1 Å². The van der Waals surface area contributed by atoms with Gasteiger partial charge in [0.05, 0.1) is 13.0 Å². The van der Waals surface area contributed by atoms with E-state index in [0.717, 1.165) is 53.5 Å². The summed E-state index contributed by atoms with van der Waals surface area (Å²) in [5.74, 6) is 0.0667. The number of halogens is 2. The fourth-order valence-corrected chi connectivity index (χ4v) is 4.23. The Kier molecular flexibility index (Phi) is 9.92. The fourth-order valence-electron chi connectivity index (χ4n) is 4.23. The summed E-state index contributed by atoms with van der Waals surface area (Å²) in [5.41, 5.74) is 12.7. The van der Waals surface area contributed by atoms with E-state index >= 15 is 0 Å². The molecule has 3 nitrogen and oxygen atoms in total. The van der Waals surface area contributed by atoms with Crippen LogP contribution in [0.4, 0.5) is 4.39 Å². The van der Waals surface area contributed by atoms with Crippen LogP contribution in [0, 0.1) is 12.7 Å². The van der Waals surface area contributed by atoms with Crippen LogP contribution in [0.25, 0.3) is 11.1 Å². The minimum absolute atomic E-state index is 0. The zero-order valence-corrected chi connectivity index (χ0v) is 20.0. The molecule has 1 saturated carbocycles. The Balaban J connectivity index is 0.00000363. The summed E-state index contributed by atoms with van der Waals surface area (Å²) >= 11 is 0. The van der Waals surface area contributed by atoms with E-state index in [-0.39, 0.29) is 30.6 Å². The van der Waals surface area contributed by atoms with Gasteiger partial charge in [-0.25, -0.2) is 4.39 Å². The largest absolute Gasteiger partial charge is 0.466 e. The molecule has 0 amide bonds. The van der Waals surface area contributed by atoms with Gasteiger partial charge in [-0.15, -0.1) is 19.0 Å². The van der Waals surface area contributed by atoms with Crippen LogP contribution < -0.4 is 5.73 Å². The Bertz CT molecular complexity index is 939. The second-order valence-corrected chi connectivity index (χ2v) is 8.57. The number of hydrogen-bond donors (Lipinski definition) is 1. The predicted molar refractivity (Wildman–Crippen MR) is 132 cm³/mol. The van der Waals surface area contributed by atoms with Gasteiger partial charge in [-0.2, -0.15) is 0 Å². The number of ether oxygens (including phenoxy) is 1. The molecule has 5 heteroatoms. The average molecular weight is 460 g/mol. The Hall–Kier alpha value is -2.17. The van der Waals surface area contributed by atoms with E-state index in [1.54, 1.807) is 19.1 Å². The first kappa shape index (κ1) is 26.1. The second-order valence-electron chi connectivity index (χ2n) is 8.57. The molecular formula is C27H35ClFNO2. The number of hydrogen-bond acceptors (Lipinski definition) is 3. The van der Waals surface area contributed by atoms with Crippen molar-refractivity contribution < 1.29 is 13.9 Å². The van der Waals surface area contributed by atoms with E-state index < -0.39 is 6.04 Å². The van der Waals surface area contributed by atoms with Crippen LogP contribution in [0.2, 0.25) is 0 Å². The number of unbranched alkanes of at least 4 members (excludes halogenated alkanes) is 2. The van der Waals surface area contributed by atoms with Crippen molar-refractivity contribution in [1.82, 2.24) is 0 Å². The number of allylic oxidation sites excluding steroid dienone is 1. The third kappa shape index (κ3) is 6.91. The summed E-state index contributed by atoms with van der Waals surface area (Å²) in [6, 6.07) is 9.28. The van der Waals surface area contributed by atoms with Crippen molar-refractivity contribution in [3.63, 3.8) is 0 Å². The molecule has 0 aliphatic heterocycles. The van der Waals surface area contributed by atoms with Crippen LogP contribution in [-0.4, -0.2) is 12.6 Å². The van der Waals surface area contributed by atoms with E-state index in [1.165, 1.54) is 18.4 Å². The van der Waals surface area contributed by atoms with E-state index in [1.807, 2.05) is 13.0 Å². The molecule has 1 aliphatic carbocycles. The SMILES string of the molecule is C=CCCCCc1cc(F)cc(C)c1-c1cc(C2CC2)cc([C@@H](N)CC(=O)OCC)c1.Cl. The number of carbonyl (C=O) groups excluding carboxylic acids is 1. The molecule has 3 rings (SSSR count). The molecule has 174 valence electrons. The quantitative estimate of drug-likeness (QED) is 0.224. The molecule has 0 unspecified atom stereocenters. The van der Waals surface area contributed by atoms with Gasteiger partial charge in [-0.3, -0.25) is 4.79 Å².